The Morgan fingerprint density at radius 3 is 2.70 bits per heavy atom. The molecule has 0 bridgehead atoms. The minimum absolute atomic E-state index is 0.0382. The van der Waals surface area contributed by atoms with E-state index in [1.165, 1.54) is 11.3 Å². The molecule has 2 rings (SSSR count). The van der Waals surface area contributed by atoms with Crippen molar-refractivity contribution in [3.63, 3.8) is 0 Å². The molecule has 0 saturated heterocycles. The Balaban J connectivity index is 1.80. The van der Waals surface area contributed by atoms with Crippen LogP contribution in [0, 0.1) is 0 Å². The van der Waals surface area contributed by atoms with Crippen molar-refractivity contribution in [3.05, 3.63) is 40.3 Å². The van der Waals surface area contributed by atoms with Gasteiger partial charge in [-0.25, -0.2) is 4.79 Å². The highest BCUT2D eigenvalue weighted by atomic mass is 32.1. The number of carbonyl (C=O) groups is 1. The van der Waals surface area contributed by atoms with E-state index in [1.807, 2.05) is 49.1 Å². The van der Waals surface area contributed by atoms with Crippen molar-refractivity contribution in [3.8, 4) is 0 Å². The highest BCUT2D eigenvalue weighted by Crippen LogP contribution is 2.16. The van der Waals surface area contributed by atoms with Gasteiger partial charge in [0.1, 0.15) is 0 Å². The van der Waals surface area contributed by atoms with Crippen molar-refractivity contribution in [2.75, 3.05) is 27.2 Å². The summed E-state index contributed by atoms with van der Waals surface area (Å²) < 4.78 is 1.74. The lowest BCUT2D eigenvalue weighted by molar-refractivity contribution is 0.173. The SMILES string of the molecule is CN(C)C(CNC(=O)NCC(O)c1ccsc1)c1cnn(C)c1. The second kappa shape index (κ2) is 8.09. The van der Waals surface area contributed by atoms with E-state index >= 15 is 0 Å². The number of rotatable bonds is 7. The lowest BCUT2D eigenvalue weighted by Gasteiger charge is -2.23. The Hall–Kier alpha value is -1.90. The Labute approximate surface area is 139 Å². The van der Waals surface area contributed by atoms with Crippen molar-refractivity contribution >= 4 is 17.4 Å². The Morgan fingerprint density at radius 2 is 2.13 bits per heavy atom. The highest BCUT2D eigenvalue weighted by Gasteiger charge is 2.17. The molecule has 0 aliphatic heterocycles. The average Bonchev–Trinajstić information content (AvgIpc) is 3.16. The number of nitrogens with one attached hydrogen (secondary N) is 2. The van der Waals surface area contributed by atoms with Crippen LogP contribution in [0.25, 0.3) is 0 Å². The first-order valence-corrected chi connectivity index (χ1v) is 8.28. The molecule has 0 aliphatic carbocycles. The molecule has 2 unspecified atom stereocenters. The van der Waals surface area contributed by atoms with Crippen molar-refractivity contribution in [2.24, 2.45) is 7.05 Å². The molecule has 23 heavy (non-hydrogen) atoms. The van der Waals surface area contributed by atoms with Gasteiger partial charge in [-0.15, -0.1) is 0 Å². The first-order chi connectivity index (χ1) is 11.0. The van der Waals surface area contributed by atoms with Crippen molar-refractivity contribution in [1.82, 2.24) is 25.3 Å². The van der Waals surface area contributed by atoms with E-state index in [2.05, 4.69) is 15.7 Å². The van der Waals surface area contributed by atoms with Crippen LogP contribution in [0.15, 0.2) is 29.2 Å². The second-order valence-corrected chi connectivity index (χ2v) is 6.37. The van der Waals surface area contributed by atoms with Crippen molar-refractivity contribution in [1.29, 1.82) is 0 Å². The largest absolute Gasteiger partial charge is 0.387 e. The zero-order valence-electron chi connectivity index (χ0n) is 13.6. The number of amides is 2. The number of aliphatic hydroxyl groups is 1. The molecule has 2 amide bonds. The van der Waals surface area contributed by atoms with Crippen molar-refractivity contribution < 1.29 is 9.90 Å². The van der Waals surface area contributed by atoms with Crippen molar-refractivity contribution in [2.45, 2.75) is 12.1 Å². The lowest BCUT2D eigenvalue weighted by Crippen LogP contribution is -2.41. The predicted molar refractivity (Wildman–Crippen MR) is 90.3 cm³/mol. The number of aryl methyl sites for hydroxylation is 1. The highest BCUT2D eigenvalue weighted by molar-refractivity contribution is 7.07. The van der Waals surface area contributed by atoms with E-state index < -0.39 is 6.10 Å². The predicted octanol–water partition coefficient (Wildman–Crippen LogP) is 1.12. The molecule has 0 aliphatic rings. The molecule has 2 heterocycles. The maximum Gasteiger partial charge on any atom is 0.314 e. The summed E-state index contributed by atoms with van der Waals surface area (Å²) in [5.41, 5.74) is 1.85. The third kappa shape index (κ3) is 5.05. The molecule has 7 nitrogen and oxygen atoms in total. The Kier molecular flexibility index (Phi) is 6.14. The van der Waals surface area contributed by atoms with Gasteiger partial charge in [-0.05, 0) is 36.5 Å². The summed E-state index contributed by atoms with van der Waals surface area (Å²) in [4.78, 5) is 13.9. The summed E-state index contributed by atoms with van der Waals surface area (Å²) in [5, 5.41) is 23.4. The number of hydrogen-bond donors (Lipinski definition) is 3. The smallest absolute Gasteiger partial charge is 0.314 e. The molecular weight excluding hydrogens is 314 g/mol. The van der Waals surface area contributed by atoms with Crippen LogP contribution in [0.5, 0.6) is 0 Å². The number of aromatic nitrogens is 2. The number of carbonyl (C=O) groups excluding carboxylic acids is 1. The molecule has 0 radical (unpaired) electrons. The van der Waals surface area contributed by atoms with E-state index in [0.29, 0.717) is 6.54 Å². The number of hydrogen-bond acceptors (Lipinski definition) is 5. The normalized spacial score (nSPS) is 13.8. The second-order valence-electron chi connectivity index (χ2n) is 5.59. The zero-order valence-corrected chi connectivity index (χ0v) is 14.4. The quantitative estimate of drug-likeness (QED) is 0.707. The van der Waals surface area contributed by atoms with E-state index in [-0.39, 0.29) is 18.6 Å². The van der Waals surface area contributed by atoms with E-state index in [0.717, 1.165) is 11.1 Å². The summed E-state index contributed by atoms with van der Waals surface area (Å²) in [5.74, 6) is 0. The third-order valence-electron chi connectivity index (χ3n) is 3.57. The fourth-order valence-electron chi connectivity index (χ4n) is 2.23. The summed E-state index contributed by atoms with van der Waals surface area (Å²) in [6, 6.07) is 1.59. The van der Waals surface area contributed by atoms with Crippen LogP contribution in [0.1, 0.15) is 23.3 Å². The van der Waals surface area contributed by atoms with E-state index in [9.17, 15) is 9.90 Å². The molecule has 3 N–H and O–H groups in total. The lowest BCUT2D eigenvalue weighted by atomic mass is 10.1. The fraction of sp³-hybridized carbons (Fsp3) is 0.467. The topological polar surface area (TPSA) is 82.4 Å². The van der Waals surface area contributed by atoms with E-state index in [4.69, 9.17) is 0 Å². The monoisotopic (exact) mass is 337 g/mol. The minimum Gasteiger partial charge on any atom is -0.387 e. The number of urea groups is 1. The van der Waals surface area contributed by atoms with Crippen LogP contribution in [-0.4, -0.2) is 53.0 Å². The van der Waals surface area contributed by atoms with Crippen LogP contribution in [0.3, 0.4) is 0 Å². The van der Waals surface area contributed by atoms with Gasteiger partial charge < -0.3 is 20.6 Å². The average molecular weight is 337 g/mol. The van der Waals surface area contributed by atoms with Crippen LogP contribution in [-0.2, 0) is 7.05 Å². The Morgan fingerprint density at radius 1 is 1.39 bits per heavy atom. The van der Waals surface area contributed by atoms with Gasteiger partial charge >= 0.3 is 6.03 Å². The maximum atomic E-state index is 11.9. The van der Waals surface area contributed by atoms with Crippen LogP contribution >= 0.6 is 11.3 Å². The third-order valence-corrected chi connectivity index (χ3v) is 4.27. The van der Waals surface area contributed by atoms with Gasteiger partial charge in [0.15, 0.2) is 0 Å². The summed E-state index contributed by atoms with van der Waals surface area (Å²) >= 11 is 1.52. The maximum absolute atomic E-state index is 11.9. The molecule has 0 saturated carbocycles. The molecule has 2 aromatic heterocycles. The molecule has 2 atom stereocenters. The number of aliphatic hydroxyl groups excluding tert-OH is 1. The van der Waals surface area contributed by atoms with Gasteiger partial charge in [-0.3, -0.25) is 4.68 Å². The summed E-state index contributed by atoms with van der Waals surface area (Å²) in [6.45, 7) is 0.640. The zero-order chi connectivity index (χ0) is 16.8. The number of thiophene rings is 1. The van der Waals surface area contributed by atoms with Gasteiger partial charge in [0.2, 0.25) is 0 Å². The summed E-state index contributed by atoms with van der Waals surface area (Å²) in [6.07, 6.45) is 3.05. The summed E-state index contributed by atoms with van der Waals surface area (Å²) in [7, 11) is 5.78. The fourth-order valence-corrected chi connectivity index (χ4v) is 2.94. The Bertz CT molecular complexity index is 611. The molecule has 2 aromatic rings. The van der Waals surface area contributed by atoms with Crippen LogP contribution in [0.4, 0.5) is 4.79 Å². The molecule has 8 heteroatoms. The molecular formula is C15H23N5O2S. The molecule has 0 fully saturated rings. The standard InChI is InChI=1S/C15H23N5O2S/c1-19(2)13(12-6-18-20(3)9-12)7-16-15(22)17-8-14(21)11-4-5-23-10-11/h4-6,9-10,13-14,21H,7-8H2,1-3H3,(H2,16,17,22). The van der Waals surface area contributed by atoms with Crippen LogP contribution < -0.4 is 10.6 Å². The first kappa shape index (κ1) is 17.5. The number of nitrogens with zero attached hydrogens (tertiary/aromatic N) is 3. The number of likely N-dealkylation sites (N-methyl/N-ethyl adjacent to an activating group) is 1. The van der Waals surface area contributed by atoms with Gasteiger partial charge in [0.25, 0.3) is 0 Å². The van der Waals surface area contributed by atoms with Crippen LogP contribution in [0.2, 0.25) is 0 Å². The first-order valence-electron chi connectivity index (χ1n) is 7.34. The van der Waals surface area contributed by atoms with E-state index in [1.54, 1.807) is 10.9 Å². The van der Waals surface area contributed by atoms with Gasteiger partial charge in [0.05, 0.1) is 18.3 Å². The van der Waals surface area contributed by atoms with Gasteiger partial charge in [-0.2, -0.15) is 16.4 Å². The molecule has 126 valence electrons. The molecule has 0 aromatic carbocycles. The molecule has 0 spiro atoms. The van der Waals surface area contributed by atoms with Gasteiger partial charge in [-0.1, -0.05) is 0 Å². The minimum atomic E-state index is -0.685. The van der Waals surface area contributed by atoms with Gasteiger partial charge in [0, 0.05) is 31.9 Å².